The second-order valence-electron chi connectivity index (χ2n) is 4.18. The van der Waals surface area contributed by atoms with Crippen LogP contribution in [-0.2, 0) is 11.3 Å². The molecule has 8 heteroatoms. The van der Waals surface area contributed by atoms with Crippen molar-refractivity contribution in [1.82, 2.24) is 9.55 Å². The van der Waals surface area contributed by atoms with Gasteiger partial charge < -0.3 is 30.6 Å². The fraction of sp³-hybridized carbons (Fsp3) is 0.556. The molecule has 1 amide bonds. The van der Waals surface area contributed by atoms with Gasteiger partial charge in [-0.2, -0.15) is 0 Å². The van der Waals surface area contributed by atoms with Crippen LogP contribution in [0.25, 0.3) is 0 Å². The summed E-state index contributed by atoms with van der Waals surface area (Å²) in [6, 6.07) is 0. The number of carbonyl (C=O) groups excluding carboxylic acids is 1. The Labute approximate surface area is 96.0 Å². The van der Waals surface area contributed by atoms with Gasteiger partial charge in [0.2, 0.25) is 0 Å². The number of primary amides is 1. The molecule has 0 aromatic carbocycles. The van der Waals surface area contributed by atoms with E-state index in [1.807, 2.05) is 0 Å². The molecule has 8 nitrogen and oxygen atoms in total. The van der Waals surface area contributed by atoms with Crippen LogP contribution in [0.3, 0.4) is 0 Å². The molecular weight excluding hydrogens is 228 g/mol. The highest BCUT2D eigenvalue weighted by Crippen LogP contribution is 2.30. The summed E-state index contributed by atoms with van der Waals surface area (Å²) >= 11 is 0. The number of carbonyl (C=O) groups is 1. The third-order valence-electron chi connectivity index (χ3n) is 3.09. The van der Waals surface area contributed by atoms with Crippen molar-refractivity contribution in [3.05, 3.63) is 12.0 Å². The molecule has 5 N–H and O–H groups in total. The Kier molecular flexibility index (Phi) is 2.12. The molecule has 3 heterocycles. The van der Waals surface area contributed by atoms with Crippen LogP contribution < -0.4 is 11.1 Å². The number of fused-ring (bicyclic) bond motifs is 3. The average molecular weight is 240 g/mol. The molecule has 92 valence electrons. The number of nitrogens with two attached hydrogens (primary N) is 1. The molecule has 17 heavy (non-hydrogen) atoms. The van der Waals surface area contributed by atoms with Crippen LogP contribution in [0.2, 0.25) is 0 Å². The van der Waals surface area contributed by atoms with Crippen molar-refractivity contribution in [2.24, 2.45) is 5.73 Å². The summed E-state index contributed by atoms with van der Waals surface area (Å²) in [6.07, 6.45) is -1.83. The summed E-state index contributed by atoms with van der Waals surface area (Å²) < 4.78 is 7.05. The lowest BCUT2D eigenvalue weighted by Crippen LogP contribution is -2.39. The maximum atomic E-state index is 11.2. The normalized spacial score (nSPS) is 34.9. The van der Waals surface area contributed by atoms with E-state index >= 15 is 0 Å². The van der Waals surface area contributed by atoms with Crippen molar-refractivity contribution in [2.45, 2.75) is 31.1 Å². The molecule has 1 saturated heterocycles. The van der Waals surface area contributed by atoms with Gasteiger partial charge in [-0.05, 0) is 0 Å². The van der Waals surface area contributed by atoms with Gasteiger partial charge in [0.25, 0.3) is 5.91 Å². The lowest BCUT2D eigenvalue weighted by atomic mass is 10.1. The lowest BCUT2D eigenvalue weighted by molar-refractivity contribution is 0.0127. The van der Waals surface area contributed by atoms with Gasteiger partial charge in [0.05, 0.1) is 12.9 Å². The quantitative estimate of drug-likeness (QED) is 0.444. The van der Waals surface area contributed by atoms with Crippen molar-refractivity contribution in [2.75, 3.05) is 5.32 Å². The molecule has 1 aromatic heterocycles. The van der Waals surface area contributed by atoms with Crippen LogP contribution in [0, 0.1) is 0 Å². The number of anilines is 1. The van der Waals surface area contributed by atoms with Gasteiger partial charge >= 0.3 is 0 Å². The number of imidazole rings is 1. The van der Waals surface area contributed by atoms with E-state index in [-0.39, 0.29) is 5.69 Å². The molecule has 2 aliphatic rings. The molecule has 0 radical (unpaired) electrons. The summed E-state index contributed by atoms with van der Waals surface area (Å²) in [4.78, 5) is 15.0. The Morgan fingerprint density at radius 1 is 1.59 bits per heavy atom. The van der Waals surface area contributed by atoms with E-state index in [4.69, 9.17) is 10.5 Å². The Balaban J connectivity index is 2.01. The van der Waals surface area contributed by atoms with Gasteiger partial charge in [-0.15, -0.1) is 0 Å². The molecule has 1 fully saturated rings. The Morgan fingerprint density at radius 3 is 3.06 bits per heavy atom. The first kappa shape index (κ1) is 10.5. The maximum Gasteiger partial charge on any atom is 0.271 e. The molecule has 1 aromatic rings. The van der Waals surface area contributed by atoms with Crippen LogP contribution in [-0.4, -0.2) is 50.2 Å². The first-order valence-corrected chi connectivity index (χ1v) is 5.21. The van der Waals surface area contributed by atoms with Crippen molar-refractivity contribution in [3.8, 4) is 0 Å². The van der Waals surface area contributed by atoms with Gasteiger partial charge in [0, 0.05) is 0 Å². The average Bonchev–Trinajstić information content (AvgIpc) is 2.70. The summed E-state index contributed by atoms with van der Waals surface area (Å²) in [6.45, 7) is 0.303. The minimum absolute atomic E-state index is 0.0999. The molecular formula is C9H12N4O4. The topological polar surface area (TPSA) is 123 Å². The second-order valence-corrected chi connectivity index (χ2v) is 4.18. The van der Waals surface area contributed by atoms with E-state index in [0.29, 0.717) is 12.4 Å². The number of aliphatic hydroxyl groups excluding tert-OH is 2. The van der Waals surface area contributed by atoms with Crippen molar-refractivity contribution in [1.29, 1.82) is 0 Å². The van der Waals surface area contributed by atoms with Crippen LogP contribution in [0.5, 0.6) is 0 Å². The Morgan fingerprint density at radius 2 is 2.35 bits per heavy atom. The zero-order valence-electron chi connectivity index (χ0n) is 8.78. The number of nitrogens with one attached hydrogen (secondary N) is 1. The fourth-order valence-corrected chi connectivity index (χ4v) is 2.20. The van der Waals surface area contributed by atoms with Crippen LogP contribution in [0.4, 0.5) is 5.82 Å². The van der Waals surface area contributed by atoms with Gasteiger partial charge in [-0.3, -0.25) is 4.79 Å². The predicted molar refractivity (Wildman–Crippen MR) is 55.0 cm³/mol. The molecule has 3 rings (SSSR count). The molecule has 4 atom stereocenters. The van der Waals surface area contributed by atoms with E-state index in [9.17, 15) is 15.0 Å². The first-order valence-electron chi connectivity index (χ1n) is 5.21. The highest BCUT2D eigenvalue weighted by atomic mass is 16.6. The summed E-state index contributed by atoms with van der Waals surface area (Å²) in [5, 5.41) is 22.2. The van der Waals surface area contributed by atoms with Crippen molar-refractivity contribution < 1.29 is 19.7 Å². The number of amides is 1. The number of aliphatic hydroxyl groups is 2. The molecule has 2 aliphatic heterocycles. The van der Waals surface area contributed by atoms with Gasteiger partial charge in [-0.1, -0.05) is 0 Å². The minimum atomic E-state index is -1.04. The zero-order chi connectivity index (χ0) is 12.2. The molecule has 2 bridgehead atoms. The Hall–Kier alpha value is -1.64. The molecule has 0 aliphatic carbocycles. The smallest absolute Gasteiger partial charge is 0.271 e. The standard InChI is InChI=1S/C9H12N4O4/c10-7(16)4-8-12-9-6(15)5(14)3(17-9)1-13(8)2-11-4/h2-3,5-6,9,12,14-15H,1H2,(H2,10,16)/t3-,5+,6?,9-/m1/s1. The number of aromatic nitrogens is 2. The molecule has 0 saturated carbocycles. The second kappa shape index (κ2) is 3.42. The van der Waals surface area contributed by atoms with Crippen LogP contribution in [0.1, 0.15) is 10.5 Å². The minimum Gasteiger partial charge on any atom is -0.387 e. The number of hydrogen-bond acceptors (Lipinski definition) is 6. The maximum absolute atomic E-state index is 11.2. The zero-order valence-corrected chi connectivity index (χ0v) is 8.78. The third-order valence-corrected chi connectivity index (χ3v) is 3.09. The lowest BCUT2D eigenvalue weighted by Gasteiger charge is -2.20. The summed E-state index contributed by atoms with van der Waals surface area (Å²) in [5.41, 5.74) is 5.29. The van der Waals surface area contributed by atoms with E-state index in [1.165, 1.54) is 6.33 Å². The number of hydrogen-bond donors (Lipinski definition) is 4. The van der Waals surface area contributed by atoms with E-state index in [0.717, 1.165) is 0 Å². The van der Waals surface area contributed by atoms with Gasteiger partial charge in [-0.25, -0.2) is 4.98 Å². The van der Waals surface area contributed by atoms with E-state index < -0.39 is 30.4 Å². The summed E-state index contributed by atoms with van der Waals surface area (Å²) in [5.74, 6) is -0.241. The SMILES string of the molecule is NC(=O)c1ncn2c1N[C@@H]1O[C@H](C2)[C@H](O)C1O. The summed E-state index contributed by atoms with van der Waals surface area (Å²) in [7, 11) is 0. The van der Waals surface area contributed by atoms with Gasteiger partial charge in [0.15, 0.2) is 11.9 Å². The van der Waals surface area contributed by atoms with E-state index in [2.05, 4.69) is 10.3 Å². The van der Waals surface area contributed by atoms with Crippen molar-refractivity contribution in [3.63, 3.8) is 0 Å². The van der Waals surface area contributed by atoms with E-state index in [1.54, 1.807) is 4.57 Å². The highest BCUT2D eigenvalue weighted by molar-refractivity contribution is 5.95. The first-order chi connectivity index (χ1) is 8.08. The Bertz CT molecular complexity index is 474. The predicted octanol–water partition coefficient (Wildman–Crippen LogP) is -2.15. The monoisotopic (exact) mass is 240 g/mol. The van der Waals surface area contributed by atoms with Crippen molar-refractivity contribution >= 4 is 11.7 Å². The largest absolute Gasteiger partial charge is 0.387 e. The van der Waals surface area contributed by atoms with Crippen LogP contribution >= 0.6 is 0 Å². The highest BCUT2D eigenvalue weighted by Gasteiger charge is 2.45. The number of nitrogens with zero attached hydrogens (tertiary/aromatic N) is 2. The third kappa shape index (κ3) is 1.42. The van der Waals surface area contributed by atoms with Gasteiger partial charge in [0.1, 0.15) is 24.1 Å². The number of ether oxygens (including phenoxy) is 1. The number of rotatable bonds is 1. The molecule has 0 spiro atoms. The van der Waals surface area contributed by atoms with Crippen LogP contribution in [0.15, 0.2) is 6.33 Å². The molecule has 1 unspecified atom stereocenters. The fourth-order valence-electron chi connectivity index (χ4n) is 2.20.